The van der Waals surface area contributed by atoms with Crippen molar-refractivity contribution < 1.29 is 4.79 Å². The Morgan fingerprint density at radius 3 is 2.79 bits per heavy atom. The molecule has 0 fully saturated rings. The van der Waals surface area contributed by atoms with Crippen molar-refractivity contribution in [2.75, 3.05) is 0 Å². The molecule has 0 aliphatic rings. The lowest BCUT2D eigenvalue weighted by atomic mass is 10.0. The first-order valence-electron chi connectivity index (χ1n) is 5.63. The maximum Gasteiger partial charge on any atom is 0.195 e. The van der Waals surface area contributed by atoms with E-state index in [9.17, 15) is 4.79 Å². The van der Waals surface area contributed by atoms with Crippen molar-refractivity contribution in [3.8, 4) is 0 Å². The number of fused-ring (bicyclic) bond motifs is 1. The molecule has 0 bridgehead atoms. The molecule has 0 radical (unpaired) electrons. The van der Waals surface area contributed by atoms with Gasteiger partial charge < -0.3 is 0 Å². The molecule has 0 unspecified atom stereocenters. The van der Waals surface area contributed by atoms with Gasteiger partial charge in [-0.05, 0) is 63.7 Å². The second-order valence-electron chi connectivity index (χ2n) is 4.10. The van der Waals surface area contributed by atoms with Gasteiger partial charge in [0.25, 0.3) is 0 Å². The Morgan fingerprint density at radius 2 is 1.95 bits per heavy atom. The summed E-state index contributed by atoms with van der Waals surface area (Å²) in [7, 11) is 0. The number of benzene rings is 2. The van der Waals surface area contributed by atoms with Crippen LogP contribution < -0.4 is 0 Å². The molecule has 0 saturated carbocycles. The third kappa shape index (κ3) is 2.49. The fourth-order valence-corrected chi connectivity index (χ4v) is 3.82. The minimum atomic E-state index is 0.0680. The molecule has 1 nitrogen and oxygen atoms in total. The largest absolute Gasteiger partial charge is 0.289 e. The van der Waals surface area contributed by atoms with Gasteiger partial charge in [0, 0.05) is 23.9 Å². The minimum absolute atomic E-state index is 0.0680. The van der Waals surface area contributed by atoms with Crippen LogP contribution in [-0.4, -0.2) is 5.78 Å². The Kier molecular flexibility index (Phi) is 3.73. The van der Waals surface area contributed by atoms with Gasteiger partial charge in [-0.2, -0.15) is 0 Å². The molecule has 3 rings (SSSR count). The molecular formula is C15H8BrIOS. The van der Waals surface area contributed by atoms with Crippen LogP contribution in [0.4, 0.5) is 0 Å². The molecule has 0 aliphatic heterocycles. The van der Waals surface area contributed by atoms with Crippen LogP contribution >= 0.6 is 49.9 Å². The summed E-state index contributed by atoms with van der Waals surface area (Å²) in [6.07, 6.45) is 0. The van der Waals surface area contributed by atoms with Crippen LogP contribution in [-0.2, 0) is 0 Å². The van der Waals surface area contributed by atoms with Crippen LogP contribution in [0.25, 0.3) is 10.1 Å². The second kappa shape index (κ2) is 5.34. The smallest absolute Gasteiger partial charge is 0.195 e. The zero-order chi connectivity index (χ0) is 13.4. The van der Waals surface area contributed by atoms with E-state index in [4.69, 9.17) is 0 Å². The highest BCUT2D eigenvalue weighted by Gasteiger charge is 2.16. The molecular weight excluding hydrogens is 435 g/mol. The van der Waals surface area contributed by atoms with Crippen LogP contribution in [0.15, 0.2) is 52.3 Å². The number of ketones is 1. The summed E-state index contributed by atoms with van der Waals surface area (Å²) >= 11 is 7.29. The van der Waals surface area contributed by atoms with Crippen LogP contribution in [0, 0.1) is 3.57 Å². The number of thiophene rings is 1. The van der Waals surface area contributed by atoms with Crippen molar-refractivity contribution in [3.63, 3.8) is 0 Å². The van der Waals surface area contributed by atoms with E-state index in [1.54, 1.807) is 11.3 Å². The summed E-state index contributed by atoms with van der Waals surface area (Å²) in [4.78, 5) is 12.7. The van der Waals surface area contributed by atoms with E-state index in [0.29, 0.717) is 5.56 Å². The van der Waals surface area contributed by atoms with Crippen LogP contribution in [0.3, 0.4) is 0 Å². The first kappa shape index (κ1) is 13.3. The van der Waals surface area contributed by atoms with Gasteiger partial charge in [-0.25, -0.2) is 0 Å². The van der Waals surface area contributed by atoms with Crippen LogP contribution in [0.2, 0.25) is 0 Å². The van der Waals surface area contributed by atoms with Gasteiger partial charge in [0.15, 0.2) is 5.78 Å². The van der Waals surface area contributed by atoms with Crippen molar-refractivity contribution in [1.29, 1.82) is 0 Å². The van der Waals surface area contributed by atoms with E-state index in [2.05, 4.69) is 38.5 Å². The fourth-order valence-electron chi connectivity index (χ4n) is 1.99. The summed E-state index contributed by atoms with van der Waals surface area (Å²) in [6.45, 7) is 0. The predicted molar refractivity (Wildman–Crippen MR) is 92.1 cm³/mol. The molecule has 0 aliphatic carbocycles. The standard InChI is InChI=1S/C15H8BrIOS/c16-13-5-4-10(17)8-12(13)14(18)11-3-1-2-9-6-7-19-15(9)11/h1-8H. The summed E-state index contributed by atoms with van der Waals surface area (Å²) in [6, 6.07) is 13.7. The zero-order valence-corrected chi connectivity index (χ0v) is 14.3. The predicted octanol–water partition coefficient (Wildman–Crippen LogP) is 5.50. The number of carbonyl (C=O) groups excluding carboxylic acids is 1. The van der Waals surface area contributed by atoms with E-state index < -0.39 is 0 Å². The maximum atomic E-state index is 12.7. The van der Waals surface area contributed by atoms with Crippen molar-refractivity contribution in [1.82, 2.24) is 0 Å². The lowest BCUT2D eigenvalue weighted by Crippen LogP contribution is -2.02. The van der Waals surface area contributed by atoms with E-state index in [0.717, 1.165) is 23.7 Å². The minimum Gasteiger partial charge on any atom is -0.289 e. The Morgan fingerprint density at radius 1 is 1.11 bits per heavy atom. The average Bonchev–Trinajstić information content (AvgIpc) is 2.89. The average molecular weight is 443 g/mol. The van der Waals surface area contributed by atoms with E-state index in [1.807, 2.05) is 47.8 Å². The van der Waals surface area contributed by atoms with Gasteiger partial charge in [0.05, 0.1) is 0 Å². The van der Waals surface area contributed by atoms with Crippen molar-refractivity contribution >= 4 is 65.7 Å². The molecule has 0 spiro atoms. The molecule has 2 aromatic carbocycles. The third-order valence-electron chi connectivity index (χ3n) is 2.90. The highest BCUT2D eigenvalue weighted by molar-refractivity contribution is 14.1. The van der Waals surface area contributed by atoms with Gasteiger partial charge >= 0.3 is 0 Å². The number of halogens is 2. The van der Waals surface area contributed by atoms with Gasteiger partial charge in [0.2, 0.25) is 0 Å². The molecule has 1 aromatic heterocycles. The summed E-state index contributed by atoms with van der Waals surface area (Å²) in [5, 5.41) is 3.14. The molecule has 94 valence electrons. The van der Waals surface area contributed by atoms with E-state index in [1.165, 1.54) is 0 Å². The molecule has 0 saturated heterocycles. The molecule has 3 aromatic rings. The Balaban J connectivity index is 2.19. The summed E-state index contributed by atoms with van der Waals surface area (Å²) in [5.41, 5.74) is 1.49. The van der Waals surface area contributed by atoms with Crippen molar-refractivity contribution in [2.45, 2.75) is 0 Å². The van der Waals surface area contributed by atoms with Crippen LogP contribution in [0.5, 0.6) is 0 Å². The maximum absolute atomic E-state index is 12.7. The fraction of sp³-hybridized carbons (Fsp3) is 0. The van der Waals surface area contributed by atoms with Gasteiger partial charge in [-0.3, -0.25) is 4.79 Å². The van der Waals surface area contributed by atoms with Crippen molar-refractivity contribution in [2.24, 2.45) is 0 Å². The monoisotopic (exact) mass is 442 g/mol. The lowest BCUT2D eigenvalue weighted by molar-refractivity contribution is 0.103. The Bertz CT molecular complexity index is 779. The van der Waals surface area contributed by atoms with Gasteiger partial charge in [-0.1, -0.05) is 28.1 Å². The number of carbonyl (C=O) groups is 1. The first-order valence-corrected chi connectivity index (χ1v) is 8.38. The molecule has 1 heterocycles. The van der Waals surface area contributed by atoms with Gasteiger partial charge in [0.1, 0.15) is 0 Å². The second-order valence-corrected chi connectivity index (χ2v) is 7.11. The van der Waals surface area contributed by atoms with E-state index in [-0.39, 0.29) is 5.78 Å². The SMILES string of the molecule is O=C(c1cc(I)ccc1Br)c1cccc2ccsc12. The Labute approximate surface area is 136 Å². The highest BCUT2D eigenvalue weighted by Crippen LogP contribution is 2.29. The van der Waals surface area contributed by atoms with Crippen LogP contribution in [0.1, 0.15) is 15.9 Å². The lowest BCUT2D eigenvalue weighted by Gasteiger charge is -2.06. The topological polar surface area (TPSA) is 17.1 Å². The molecule has 19 heavy (non-hydrogen) atoms. The molecule has 0 atom stereocenters. The molecule has 4 heteroatoms. The highest BCUT2D eigenvalue weighted by atomic mass is 127. The number of rotatable bonds is 2. The first-order chi connectivity index (χ1) is 9.16. The van der Waals surface area contributed by atoms with E-state index >= 15 is 0 Å². The third-order valence-corrected chi connectivity index (χ3v) is 5.22. The normalized spacial score (nSPS) is 10.8. The summed E-state index contributed by atoms with van der Waals surface area (Å²) < 4.78 is 2.95. The number of hydrogen-bond acceptors (Lipinski definition) is 2. The number of hydrogen-bond donors (Lipinski definition) is 0. The Hall–Kier alpha value is -0.720. The zero-order valence-electron chi connectivity index (χ0n) is 9.69. The molecule has 0 amide bonds. The van der Waals surface area contributed by atoms with Gasteiger partial charge in [-0.15, -0.1) is 11.3 Å². The quantitative estimate of drug-likeness (QED) is 0.378. The molecule has 0 N–H and O–H groups in total. The van der Waals surface area contributed by atoms with Crippen molar-refractivity contribution in [3.05, 3.63) is 67.0 Å². The summed E-state index contributed by atoms with van der Waals surface area (Å²) in [5.74, 6) is 0.0680.